The molecule has 0 aromatic rings. The third kappa shape index (κ3) is 1.97. The molecule has 1 aliphatic heterocycles. The first-order valence-corrected chi connectivity index (χ1v) is 5.29. The largest absolute Gasteiger partial charge is 0.368 e. The van der Waals surface area contributed by atoms with Gasteiger partial charge in [-0.3, -0.25) is 4.79 Å². The first kappa shape index (κ1) is 9.28. The number of alkyl halides is 1. The highest BCUT2D eigenvalue weighted by atomic mass is 35.5. The van der Waals surface area contributed by atoms with Crippen LogP contribution in [-0.4, -0.2) is 30.0 Å². The van der Waals surface area contributed by atoms with Crippen molar-refractivity contribution in [3.05, 3.63) is 0 Å². The highest BCUT2D eigenvalue weighted by Gasteiger charge is 2.44. The second kappa shape index (κ2) is 3.46. The van der Waals surface area contributed by atoms with Crippen LogP contribution in [0.15, 0.2) is 0 Å². The van der Waals surface area contributed by atoms with Crippen LogP contribution < -0.4 is 5.32 Å². The van der Waals surface area contributed by atoms with Crippen LogP contribution in [0, 0.1) is 0 Å². The van der Waals surface area contributed by atoms with E-state index in [0.717, 1.165) is 25.7 Å². The van der Waals surface area contributed by atoms with Gasteiger partial charge >= 0.3 is 0 Å². The van der Waals surface area contributed by atoms with Gasteiger partial charge in [-0.15, -0.1) is 11.6 Å². The fraction of sp³-hybridized carbons (Fsp3) is 0.889. The van der Waals surface area contributed by atoms with Crippen molar-refractivity contribution >= 4 is 17.5 Å². The number of carbonyl (C=O) groups excluding carboxylic acids is 1. The summed E-state index contributed by atoms with van der Waals surface area (Å²) < 4.78 is 5.28. The van der Waals surface area contributed by atoms with Gasteiger partial charge in [0.1, 0.15) is 6.10 Å². The van der Waals surface area contributed by atoms with Crippen LogP contribution in [-0.2, 0) is 9.53 Å². The third-order valence-electron chi connectivity index (χ3n) is 2.72. The quantitative estimate of drug-likeness (QED) is 0.697. The second-order valence-electron chi connectivity index (χ2n) is 3.90. The average molecular weight is 204 g/mol. The minimum Gasteiger partial charge on any atom is -0.368 e. The van der Waals surface area contributed by atoms with Gasteiger partial charge in [0.05, 0.1) is 5.54 Å². The van der Waals surface area contributed by atoms with Crippen molar-refractivity contribution in [1.82, 2.24) is 5.32 Å². The van der Waals surface area contributed by atoms with Gasteiger partial charge in [0.15, 0.2) is 0 Å². The molecule has 13 heavy (non-hydrogen) atoms. The first-order valence-electron chi connectivity index (χ1n) is 4.75. The van der Waals surface area contributed by atoms with Crippen LogP contribution in [0.1, 0.15) is 25.7 Å². The summed E-state index contributed by atoms with van der Waals surface area (Å²) in [7, 11) is 0. The monoisotopic (exact) mass is 203 g/mol. The van der Waals surface area contributed by atoms with Gasteiger partial charge in [0, 0.05) is 12.5 Å². The van der Waals surface area contributed by atoms with Crippen molar-refractivity contribution in [2.45, 2.75) is 37.3 Å². The predicted molar refractivity (Wildman–Crippen MR) is 49.8 cm³/mol. The lowest BCUT2D eigenvalue weighted by Crippen LogP contribution is -2.43. The molecule has 0 aromatic heterocycles. The van der Waals surface area contributed by atoms with E-state index < -0.39 is 0 Å². The van der Waals surface area contributed by atoms with Gasteiger partial charge in [-0.2, -0.15) is 0 Å². The average Bonchev–Trinajstić information content (AvgIpc) is 2.69. The molecule has 0 radical (unpaired) electrons. The molecular formula is C9H14ClNO2. The molecule has 3 nitrogen and oxygen atoms in total. The molecule has 2 rings (SSSR count). The van der Waals surface area contributed by atoms with Crippen LogP contribution in [0.3, 0.4) is 0 Å². The minimum atomic E-state index is -0.222. The molecule has 2 aliphatic rings. The molecule has 0 bridgehead atoms. The number of hydrogen-bond acceptors (Lipinski definition) is 2. The Hall–Kier alpha value is -0.280. The van der Waals surface area contributed by atoms with Gasteiger partial charge in [-0.1, -0.05) is 0 Å². The topological polar surface area (TPSA) is 38.3 Å². The summed E-state index contributed by atoms with van der Waals surface area (Å²) in [5.41, 5.74) is -0.0927. The van der Waals surface area contributed by atoms with Crippen LogP contribution in [0.4, 0.5) is 0 Å². The summed E-state index contributed by atoms with van der Waals surface area (Å²) in [4.78, 5) is 11.6. The number of amides is 1. The Morgan fingerprint density at radius 1 is 1.62 bits per heavy atom. The normalized spacial score (nSPS) is 30.1. The molecule has 4 heteroatoms. The number of halogens is 1. The van der Waals surface area contributed by atoms with E-state index in [-0.39, 0.29) is 17.6 Å². The maximum Gasteiger partial charge on any atom is 0.249 e. The standard InChI is InChI=1S/C9H14ClNO2/c10-6-9(3-4-9)11-8(12)7-2-1-5-13-7/h7H,1-6H2,(H,11,12). The summed E-state index contributed by atoms with van der Waals surface area (Å²) in [6.45, 7) is 0.714. The van der Waals surface area contributed by atoms with Crippen molar-refractivity contribution in [1.29, 1.82) is 0 Å². The maximum atomic E-state index is 11.6. The van der Waals surface area contributed by atoms with Crippen molar-refractivity contribution in [3.63, 3.8) is 0 Å². The smallest absolute Gasteiger partial charge is 0.249 e. The Labute approximate surface area is 82.8 Å². The highest BCUT2D eigenvalue weighted by molar-refractivity contribution is 6.19. The molecule has 1 saturated heterocycles. The highest BCUT2D eigenvalue weighted by Crippen LogP contribution is 2.36. The lowest BCUT2D eigenvalue weighted by atomic mass is 10.2. The third-order valence-corrected chi connectivity index (χ3v) is 3.23. The summed E-state index contributed by atoms with van der Waals surface area (Å²) in [5, 5.41) is 2.96. The summed E-state index contributed by atoms with van der Waals surface area (Å²) in [6.07, 6.45) is 3.64. The Morgan fingerprint density at radius 2 is 2.38 bits per heavy atom. The molecule has 1 N–H and O–H groups in total. The number of hydrogen-bond donors (Lipinski definition) is 1. The van der Waals surface area contributed by atoms with E-state index in [1.54, 1.807) is 0 Å². The SMILES string of the molecule is O=C(NC1(CCl)CC1)C1CCCO1. The molecular weight excluding hydrogens is 190 g/mol. The van der Waals surface area contributed by atoms with E-state index in [1.807, 2.05) is 0 Å². The fourth-order valence-electron chi connectivity index (χ4n) is 1.57. The number of carbonyl (C=O) groups is 1. The Kier molecular flexibility index (Phi) is 2.47. The zero-order chi connectivity index (χ0) is 9.31. The molecule has 0 spiro atoms. The van der Waals surface area contributed by atoms with Crippen molar-refractivity contribution < 1.29 is 9.53 Å². The molecule has 1 saturated carbocycles. The summed E-state index contributed by atoms with van der Waals surface area (Å²) in [5.74, 6) is 0.543. The molecule has 1 amide bonds. The number of nitrogens with one attached hydrogen (secondary N) is 1. The number of rotatable bonds is 3. The molecule has 0 aromatic carbocycles. The molecule has 1 unspecified atom stereocenters. The van der Waals surface area contributed by atoms with E-state index in [0.29, 0.717) is 12.5 Å². The number of ether oxygens (including phenoxy) is 1. The molecule has 2 fully saturated rings. The van der Waals surface area contributed by atoms with E-state index in [4.69, 9.17) is 16.3 Å². The van der Waals surface area contributed by atoms with E-state index >= 15 is 0 Å². The van der Waals surface area contributed by atoms with E-state index in [2.05, 4.69) is 5.32 Å². The fourth-order valence-corrected chi connectivity index (χ4v) is 1.90. The Morgan fingerprint density at radius 3 is 2.85 bits per heavy atom. The minimum absolute atomic E-state index is 0.0238. The Balaban J connectivity index is 1.84. The van der Waals surface area contributed by atoms with Gasteiger partial charge in [0.25, 0.3) is 0 Å². The van der Waals surface area contributed by atoms with Gasteiger partial charge in [-0.25, -0.2) is 0 Å². The summed E-state index contributed by atoms with van der Waals surface area (Å²) in [6, 6.07) is 0. The first-order chi connectivity index (χ1) is 6.26. The predicted octanol–water partition coefficient (Wildman–Crippen LogP) is 1.05. The van der Waals surface area contributed by atoms with Gasteiger partial charge < -0.3 is 10.1 Å². The lowest BCUT2D eigenvalue weighted by molar-refractivity contribution is -0.130. The van der Waals surface area contributed by atoms with E-state index in [9.17, 15) is 4.79 Å². The van der Waals surface area contributed by atoms with Crippen LogP contribution in [0.25, 0.3) is 0 Å². The zero-order valence-electron chi connectivity index (χ0n) is 7.51. The van der Waals surface area contributed by atoms with Crippen LogP contribution in [0.2, 0.25) is 0 Å². The lowest BCUT2D eigenvalue weighted by Gasteiger charge is -2.16. The molecule has 74 valence electrons. The van der Waals surface area contributed by atoms with Gasteiger partial charge in [-0.05, 0) is 25.7 Å². The van der Waals surface area contributed by atoms with Crippen molar-refractivity contribution in [2.24, 2.45) is 0 Å². The van der Waals surface area contributed by atoms with Crippen LogP contribution >= 0.6 is 11.6 Å². The zero-order valence-corrected chi connectivity index (χ0v) is 8.27. The molecule has 1 aliphatic carbocycles. The Bertz CT molecular complexity index is 210. The van der Waals surface area contributed by atoms with Gasteiger partial charge in [0.2, 0.25) is 5.91 Å². The summed E-state index contributed by atoms with van der Waals surface area (Å²) >= 11 is 5.75. The second-order valence-corrected chi connectivity index (χ2v) is 4.17. The van der Waals surface area contributed by atoms with Crippen LogP contribution in [0.5, 0.6) is 0 Å². The molecule has 1 heterocycles. The molecule has 1 atom stereocenters. The van der Waals surface area contributed by atoms with E-state index in [1.165, 1.54) is 0 Å². The van der Waals surface area contributed by atoms with Crippen molar-refractivity contribution in [2.75, 3.05) is 12.5 Å². The van der Waals surface area contributed by atoms with Crippen molar-refractivity contribution in [3.8, 4) is 0 Å². The maximum absolute atomic E-state index is 11.6.